The molecule has 7 nitrogen and oxygen atoms in total. The van der Waals surface area contributed by atoms with E-state index in [4.69, 9.17) is 0 Å². The zero-order chi connectivity index (χ0) is 17.4. The fraction of sp³-hybridized carbons (Fsp3) is 0.467. The average Bonchev–Trinajstić information content (AvgIpc) is 2.78. The summed E-state index contributed by atoms with van der Waals surface area (Å²) in [7, 11) is -0.114. The predicted octanol–water partition coefficient (Wildman–Crippen LogP) is 0.215. The van der Waals surface area contributed by atoms with Crippen LogP contribution in [0.1, 0.15) is 22.8 Å². The highest BCUT2D eigenvalue weighted by Crippen LogP contribution is 2.34. The summed E-state index contributed by atoms with van der Waals surface area (Å²) < 4.78 is 25.1. The molecule has 1 aromatic rings. The molecule has 1 atom stereocenters. The fourth-order valence-corrected chi connectivity index (χ4v) is 3.93. The lowest BCUT2D eigenvalue weighted by atomic mass is 10.1. The zero-order valence-corrected chi connectivity index (χ0v) is 14.5. The van der Waals surface area contributed by atoms with Gasteiger partial charge in [-0.2, -0.15) is 0 Å². The molecule has 0 unspecified atom stereocenters. The molecule has 0 saturated heterocycles. The van der Waals surface area contributed by atoms with Gasteiger partial charge in [0.15, 0.2) is 0 Å². The number of carbonyl (C=O) groups is 2. The fourth-order valence-electron chi connectivity index (χ4n) is 2.67. The second kappa shape index (κ2) is 6.19. The molecule has 126 valence electrons. The van der Waals surface area contributed by atoms with Crippen molar-refractivity contribution in [2.45, 2.75) is 19.4 Å². The van der Waals surface area contributed by atoms with Gasteiger partial charge in [0.2, 0.25) is 15.9 Å². The van der Waals surface area contributed by atoms with Gasteiger partial charge >= 0.3 is 0 Å². The van der Waals surface area contributed by atoms with E-state index in [0.29, 0.717) is 17.7 Å². The van der Waals surface area contributed by atoms with Crippen molar-refractivity contribution in [3.05, 3.63) is 29.3 Å². The highest BCUT2D eigenvalue weighted by molar-refractivity contribution is 7.92. The molecule has 1 aliphatic heterocycles. The summed E-state index contributed by atoms with van der Waals surface area (Å²) in [4.78, 5) is 25.0. The van der Waals surface area contributed by atoms with E-state index < -0.39 is 10.0 Å². The molecule has 2 rings (SSSR count). The number of nitrogens with zero attached hydrogens (tertiary/aromatic N) is 2. The molecular weight excluding hydrogens is 318 g/mol. The SMILES string of the molecule is C[C@@H]1Cc2cc(C(=O)NCC(=O)N(C)C)ccc2N1S(C)(=O)=O. The topological polar surface area (TPSA) is 86.8 Å². The first-order chi connectivity index (χ1) is 10.6. The summed E-state index contributed by atoms with van der Waals surface area (Å²) in [5.74, 6) is -0.551. The number of anilines is 1. The van der Waals surface area contributed by atoms with Crippen molar-refractivity contribution in [1.29, 1.82) is 0 Å². The minimum absolute atomic E-state index is 0.0746. The van der Waals surface area contributed by atoms with Gasteiger partial charge in [-0.25, -0.2) is 8.42 Å². The van der Waals surface area contributed by atoms with E-state index >= 15 is 0 Å². The Bertz CT molecular complexity index is 743. The maximum absolute atomic E-state index is 12.1. The van der Waals surface area contributed by atoms with Crippen LogP contribution in [0.25, 0.3) is 0 Å². The number of nitrogens with one attached hydrogen (secondary N) is 1. The van der Waals surface area contributed by atoms with Crippen LogP contribution in [-0.4, -0.2) is 58.1 Å². The van der Waals surface area contributed by atoms with Crippen molar-refractivity contribution < 1.29 is 18.0 Å². The Labute approximate surface area is 136 Å². The van der Waals surface area contributed by atoms with Crippen molar-refractivity contribution in [1.82, 2.24) is 10.2 Å². The lowest BCUT2D eigenvalue weighted by molar-refractivity contribution is -0.127. The summed E-state index contributed by atoms with van der Waals surface area (Å²) in [6.45, 7) is 1.76. The molecule has 0 radical (unpaired) electrons. The van der Waals surface area contributed by atoms with Crippen LogP contribution in [0.3, 0.4) is 0 Å². The Balaban J connectivity index is 2.18. The van der Waals surface area contributed by atoms with E-state index in [2.05, 4.69) is 5.32 Å². The predicted molar refractivity (Wildman–Crippen MR) is 88.0 cm³/mol. The van der Waals surface area contributed by atoms with Crippen molar-refractivity contribution in [3.8, 4) is 0 Å². The molecular formula is C15H21N3O4S. The molecule has 1 N–H and O–H groups in total. The van der Waals surface area contributed by atoms with Crippen molar-refractivity contribution in [2.24, 2.45) is 0 Å². The third kappa shape index (κ3) is 3.64. The van der Waals surface area contributed by atoms with Crippen molar-refractivity contribution in [3.63, 3.8) is 0 Å². The molecule has 2 amide bonds. The van der Waals surface area contributed by atoms with E-state index in [1.807, 2.05) is 6.92 Å². The normalized spacial score (nSPS) is 16.9. The highest BCUT2D eigenvalue weighted by Gasteiger charge is 2.32. The van der Waals surface area contributed by atoms with Gasteiger partial charge in [-0.05, 0) is 37.1 Å². The van der Waals surface area contributed by atoms with Crippen LogP contribution in [-0.2, 0) is 21.2 Å². The maximum Gasteiger partial charge on any atom is 0.251 e. The van der Waals surface area contributed by atoms with Gasteiger partial charge in [0.05, 0.1) is 18.5 Å². The summed E-state index contributed by atoms with van der Waals surface area (Å²) in [6, 6.07) is 4.73. The van der Waals surface area contributed by atoms with Crippen LogP contribution in [0, 0.1) is 0 Å². The van der Waals surface area contributed by atoms with Gasteiger partial charge < -0.3 is 10.2 Å². The number of likely N-dealkylation sites (N-methyl/N-ethyl adjacent to an activating group) is 1. The van der Waals surface area contributed by atoms with Gasteiger partial charge in [0.25, 0.3) is 5.91 Å². The van der Waals surface area contributed by atoms with E-state index in [9.17, 15) is 18.0 Å². The van der Waals surface area contributed by atoms with Gasteiger partial charge in [-0.15, -0.1) is 0 Å². The van der Waals surface area contributed by atoms with Crippen LogP contribution in [0.4, 0.5) is 5.69 Å². The Morgan fingerprint density at radius 2 is 2.00 bits per heavy atom. The summed E-state index contributed by atoms with van der Waals surface area (Å²) in [5.41, 5.74) is 1.84. The number of hydrogen-bond acceptors (Lipinski definition) is 4. The van der Waals surface area contributed by atoms with E-state index in [1.54, 1.807) is 32.3 Å². The van der Waals surface area contributed by atoms with Crippen LogP contribution in [0.15, 0.2) is 18.2 Å². The molecule has 23 heavy (non-hydrogen) atoms. The molecule has 1 aliphatic rings. The first-order valence-electron chi connectivity index (χ1n) is 7.22. The third-order valence-electron chi connectivity index (χ3n) is 3.75. The zero-order valence-electron chi connectivity index (χ0n) is 13.7. The molecule has 0 aliphatic carbocycles. The lowest BCUT2D eigenvalue weighted by Gasteiger charge is -2.21. The van der Waals surface area contributed by atoms with Gasteiger partial charge in [-0.1, -0.05) is 0 Å². The van der Waals surface area contributed by atoms with Crippen LogP contribution < -0.4 is 9.62 Å². The van der Waals surface area contributed by atoms with Gasteiger partial charge in [-0.3, -0.25) is 13.9 Å². The number of sulfonamides is 1. The van der Waals surface area contributed by atoms with Crippen molar-refractivity contribution >= 4 is 27.5 Å². The number of hydrogen-bond donors (Lipinski definition) is 1. The standard InChI is InChI=1S/C15H21N3O4S/c1-10-7-12-8-11(15(20)16-9-14(19)17(2)3)5-6-13(12)18(10)23(4,21)22/h5-6,8,10H,7,9H2,1-4H3,(H,16,20)/t10-/m1/s1. The second-order valence-electron chi connectivity index (χ2n) is 5.93. The summed E-state index contributed by atoms with van der Waals surface area (Å²) in [6.07, 6.45) is 1.73. The van der Waals surface area contributed by atoms with Crippen LogP contribution in [0.5, 0.6) is 0 Å². The van der Waals surface area contributed by atoms with Gasteiger partial charge in [0, 0.05) is 25.7 Å². The Morgan fingerprint density at radius 3 is 2.57 bits per heavy atom. The number of rotatable bonds is 4. The summed E-state index contributed by atoms with van der Waals surface area (Å²) >= 11 is 0. The first-order valence-corrected chi connectivity index (χ1v) is 9.06. The van der Waals surface area contributed by atoms with Crippen LogP contribution >= 0.6 is 0 Å². The minimum Gasteiger partial charge on any atom is -0.347 e. The van der Waals surface area contributed by atoms with E-state index in [1.165, 1.54) is 15.5 Å². The molecule has 1 heterocycles. The second-order valence-corrected chi connectivity index (χ2v) is 7.79. The number of benzene rings is 1. The minimum atomic E-state index is -3.35. The smallest absolute Gasteiger partial charge is 0.251 e. The average molecular weight is 339 g/mol. The van der Waals surface area contributed by atoms with E-state index in [-0.39, 0.29) is 24.4 Å². The molecule has 0 aromatic heterocycles. The first kappa shape index (κ1) is 17.3. The van der Waals surface area contributed by atoms with Crippen LogP contribution in [0.2, 0.25) is 0 Å². The molecule has 0 bridgehead atoms. The monoisotopic (exact) mass is 339 g/mol. The van der Waals surface area contributed by atoms with E-state index in [0.717, 1.165) is 5.56 Å². The number of fused-ring (bicyclic) bond motifs is 1. The quantitative estimate of drug-likeness (QED) is 0.850. The summed E-state index contributed by atoms with van der Waals surface area (Å²) in [5, 5.41) is 2.56. The lowest BCUT2D eigenvalue weighted by Crippen LogP contribution is -2.36. The van der Waals surface area contributed by atoms with Crippen molar-refractivity contribution in [2.75, 3.05) is 31.2 Å². The molecule has 0 fully saturated rings. The van der Waals surface area contributed by atoms with Gasteiger partial charge in [0.1, 0.15) is 0 Å². The highest BCUT2D eigenvalue weighted by atomic mass is 32.2. The Hall–Kier alpha value is -2.09. The largest absolute Gasteiger partial charge is 0.347 e. The molecule has 8 heteroatoms. The maximum atomic E-state index is 12.1. The molecule has 1 aromatic carbocycles. The molecule has 0 spiro atoms. The number of amides is 2. The Kier molecular flexibility index (Phi) is 4.65. The third-order valence-corrected chi connectivity index (χ3v) is 5.02. The number of carbonyl (C=O) groups excluding carboxylic acids is 2. The molecule has 0 saturated carbocycles. The Morgan fingerprint density at radius 1 is 1.35 bits per heavy atom.